The van der Waals surface area contributed by atoms with Gasteiger partial charge in [0.05, 0.1) is 0 Å². The van der Waals surface area contributed by atoms with Gasteiger partial charge in [0.1, 0.15) is 5.82 Å². The topological polar surface area (TPSA) is 41.1 Å². The highest BCUT2D eigenvalue weighted by molar-refractivity contribution is 7.99. The third kappa shape index (κ3) is 6.62. The van der Waals surface area contributed by atoms with Gasteiger partial charge in [-0.05, 0) is 55.0 Å². The van der Waals surface area contributed by atoms with Crippen molar-refractivity contribution in [2.24, 2.45) is 0 Å². The molecule has 2 N–H and O–H groups in total. The highest BCUT2D eigenvalue weighted by Gasteiger charge is 2.02. The lowest BCUT2D eigenvalue weighted by molar-refractivity contribution is -0.120. The predicted molar refractivity (Wildman–Crippen MR) is 99.0 cm³/mol. The van der Waals surface area contributed by atoms with Crippen molar-refractivity contribution >= 4 is 23.4 Å². The van der Waals surface area contributed by atoms with Gasteiger partial charge in [-0.1, -0.05) is 18.2 Å². The molecule has 0 aromatic heterocycles. The Labute approximate surface area is 147 Å². The summed E-state index contributed by atoms with van der Waals surface area (Å²) in [5, 5.41) is 6.20. The first-order valence-corrected chi connectivity index (χ1v) is 9.08. The number of hydrogen-bond donors (Lipinski definition) is 2. The zero-order chi connectivity index (χ0) is 17.2. The molecular formula is C19H23FN2OS. The van der Waals surface area contributed by atoms with Gasteiger partial charge in [-0.3, -0.25) is 4.79 Å². The van der Waals surface area contributed by atoms with Gasteiger partial charge in [-0.15, -0.1) is 11.8 Å². The molecule has 128 valence electrons. The van der Waals surface area contributed by atoms with Crippen LogP contribution in [-0.2, 0) is 4.79 Å². The third-order valence-electron chi connectivity index (χ3n) is 3.54. The molecule has 0 spiro atoms. The van der Waals surface area contributed by atoms with Crippen molar-refractivity contribution in [2.45, 2.75) is 24.7 Å². The van der Waals surface area contributed by atoms with Crippen molar-refractivity contribution in [3.63, 3.8) is 0 Å². The molecule has 0 atom stereocenters. The number of carbonyl (C=O) groups excluding carboxylic acids is 1. The van der Waals surface area contributed by atoms with Crippen LogP contribution >= 0.6 is 11.8 Å². The second-order valence-electron chi connectivity index (χ2n) is 5.50. The Morgan fingerprint density at radius 2 is 1.83 bits per heavy atom. The summed E-state index contributed by atoms with van der Waals surface area (Å²) in [7, 11) is 0. The molecule has 0 fully saturated rings. The number of anilines is 1. The first kappa shape index (κ1) is 18.3. The molecule has 24 heavy (non-hydrogen) atoms. The summed E-state index contributed by atoms with van der Waals surface area (Å²) in [6.45, 7) is 3.33. The van der Waals surface area contributed by atoms with Crippen LogP contribution < -0.4 is 10.6 Å². The van der Waals surface area contributed by atoms with Crippen molar-refractivity contribution in [2.75, 3.05) is 24.2 Å². The van der Waals surface area contributed by atoms with Crippen LogP contribution in [0, 0.1) is 12.7 Å². The molecule has 2 rings (SSSR count). The zero-order valence-electron chi connectivity index (χ0n) is 13.8. The fourth-order valence-corrected chi connectivity index (χ4v) is 3.04. The van der Waals surface area contributed by atoms with Crippen molar-refractivity contribution < 1.29 is 9.18 Å². The number of halogens is 1. The quantitative estimate of drug-likeness (QED) is 0.527. The summed E-state index contributed by atoms with van der Waals surface area (Å²) in [5.74, 6) is 0.738. The monoisotopic (exact) mass is 346 g/mol. The normalized spacial score (nSPS) is 10.4. The Morgan fingerprint density at radius 3 is 2.58 bits per heavy atom. The van der Waals surface area contributed by atoms with Crippen LogP contribution in [0.4, 0.5) is 10.1 Å². The molecule has 0 aliphatic rings. The minimum atomic E-state index is -0.217. The molecule has 3 nitrogen and oxygen atoms in total. The van der Waals surface area contributed by atoms with Gasteiger partial charge in [0.15, 0.2) is 0 Å². The van der Waals surface area contributed by atoms with E-state index in [1.54, 1.807) is 23.9 Å². The Bertz CT molecular complexity index is 646. The van der Waals surface area contributed by atoms with Crippen molar-refractivity contribution in [3.05, 3.63) is 59.9 Å². The highest BCUT2D eigenvalue weighted by Crippen LogP contribution is 2.18. The molecule has 2 aromatic rings. The SMILES string of the molecule is Cc1ccccc1NCCC(=O)NCCCSc1ccc(F)cc1. The standard InChI is InChI=1S/C19H23FN2OS/c1-15-5-2-3-6-18(15)21-13-11-19(23)22-12-4-14-24-17-9-7-16(20)8-10-17/h2-3,5-10,21H,4,11-14H2,1H3,(H,22,23). The summed E-state index contributed by atoms with van der Waals surface area (Å²) in [6.07, 6.45) is 1.35. The van der Waals surface area contributed by atoms with E-state index in [4.69, 9.17) is 0 Å². The smallest absolute Gasteiger partial charge is 0.221 e. The molecule has 2 aromatic carbocycles. The molecule has 0 saturated heterocycles. The molecule has 0 saturated carbocycles. The lowest BCUT2D eigenvalue weighted by atomic mass is 10.2. The average Bonchev–Trinajstić information content (AvgIpc) is 2.58. The predicted octanol–water partition coefficient (Wildman–Crippen LogP) is 4.23. The van der Waals surface area contributed by atoms with Gasteiger partial charge >= 0.3 is 0 Å². The second kappa shape index (κ2) is 9.98. The number of para-hydroxylation sites is 1. The van der Waals surface area contributed by atoms with Gasteiger partial charge < -0.3 is 10.6 Å². The molecule has 0 bridgehead atoms. The van der Waals surface area contributed by atoms with E-state index in [9.17, 15) is 9.18 Å². The van der Waals surface area contributed by atoms with Crippen LogP contribution in [0.2, 0.25) is 0 Å². The molecule has 0 aliphatic heterocycles. The number of amides is 1. The number of thioether (sulfide) groups is 1. The Balaban J connectivity index is 1.53. The molecule has 0 radical (unpaired) electrons. The summed E-state index contributed by atoms with van der Waals surface area (Å²) in [4.78, 5) is 12.8. The van der Waals surface area contributed by atoms with E-state index in [0.717, 1.165) is 22.8 Å². The molecular weight excluding hydrogens is 323 g/mol. The fraction of sp³-hybridized carbons (Fsp3) is 0.316. The van der Waals surface area contributed by atoms with Crippen molar-refractivity contribution in [1.29, 1.82) is 0 Å². The van der Waals surface area contributed by atoms with E-state index in [1.165, 1.54) is 17.7 Å². The van der Waals surface area contributed by atoms with E-state index < -0.39 is 0 Å². The largest absolute Gasteiger partial charge is 0.384 e. The molecule has 0 heterocycles. The minimum Gasteiger partial charge on any atom is -0.384 e. The lowest BCUT2D eigenvalue weighted by Crippen LogP contribution is -2.26. The van der Waals surface area contributed by atoms with Crippen LogP contribution in [0.5, 0.6) is 0 Å². The highest BCUT2D eigenvalue weighted by atomic mass is 32.2. The van der Waals surface area contributed by atoms with Gasteiger partial charge in [0.2, 0.25) is 5.91 Å². The minimum absolute atomic E-state index is 0.0582. The summed E-state index contributed by atoms with van der Waals surface area (Å²) in [5.41, 5.74) is 2.25. The van der Waals surface area contributed by atoms with Crippen LogP contribution in [0.15, 0.2) is 53.4 Å². The fourth-order valence-electron chi connectivity index (χ4n) is 2.19. The zero-order valence-corrected chi connectivity index (χ0v) is 14.7. The van der Waals surface area contributed by atoms with Crippen LogP contribution in [-0.4, -0.2) is 24.7 Å². The summed E-state index contributed by atoms with van der Waals surface area (Å²) >= 11 is 1.67. The van der Waals surface area contributed by atoms with E-state index >= 15 is 0 Å². The number of carbonyl (C=O) groups is 1. The van der Waals surface area contributed by atoms with Gasteiger partial charge in [0.25, 0.3) is 0 Å². The van der Waals surface area contributed by atoms with Gasteiger partial charge in [0, 0.05) is 30.1 Å². The van der Waals surface area contributed by atoms with E-state index in [0.29, 0.717) is 19.5 Å². The molecule has 5 heteroatoms. The number of benzene rings is 2. The average molecular weight is 346 g/mol. The first-order chi connectivity index (χ1) is 11.6. The molecule has 0 aliphatic carbocycles. The first-order valence-electron chi connectivity index (χ1n) is 8.10. The summed E-state index contributed by atoms with van der Waals surface area (Å²) < 4.78 is 12.8. The van der Waals surface area contributed by atoms with Gasteiger partial charge in [-0.2, -0.15) is 0 Å². The number of nitrogens with one attached hydrogen (secondary N) is 2. The Kier molecular flexibility index (Phi) is 7.62. The van der Waals surface area contributed by atoms with E-state index in [2.05, 4.69) is 10.6 Å². The lowest BCUT2D eigenvalue weighted by Gasteiger charge is -2.09. The van der Waals surface area contributed by atoms with Crippen LogP contribution in [0.25, 0.3) is 0 Å². The van der Waals surface area contributed by atoms with Crippen molar-refractivity contribution in [1.82, 2.24) is 5.32 Å². The maximum absolute atomic E-state index is 12.8. The third-order valence-corrected chi connectivity index (χ3v) is 4.64. The number of aryl methyl sites for hydroxylation is 1. The second-order valence-corrected chi connectivity index (χ2v) is 6.67. The maximum atomic E-state index is 12.8. The van der Waals surface area contributed by atoms with Crippen LogP contribution in [0.3, 0.4) is 0 Å². The van der Waals surface area contributed by atoms with Crippen molar-refractivity contribution in [3.8, 4) is 0 Å². The summed E-state index contributed by atoms with van der Waals surface area (Å²) in [6, 6.07) is 14.5. The van der Waals surface area contributed by atoms with E-state index in [-0.39, 0.29) is 11.7 Å². The Morgan fingerprint density at radius 1 is 1.08 bits per heavy atom. The molecule has 0 unspecified atom stereocenters. The number of rotatable bonds is 9. The molecule has 1 amide bonds. The van der Waals surface area contributed by atoms with Gasteiger partial charge in [-0.25, -0.2) is 4.39 Å². The maximum Gasteiger partial charge on any atom is 0.221 e. The van der Waals surface area contributed by atoms with E-state index in [1.807, 2.05) is 31.2 Å². The van der Waals surface area contributed by atoms with Crippen LogP contribution in [0.1, 0.15) is 18.4 Å². The Hall–Kier alpha value is -2.01. The number of hydrogen-bond acceptors (Lipinski definition) is 3.